The van der Waals surface area contributed by atoms with Crippen LogP contribution >= 0.6 is 0 Å². The Labute approximate surface area is 260 Å². The molecule has 11 heteroatoms. The van der Waals surface area contributed by atoms with Crippen LogP contribution in [0, 0.1) is 11.6 Å². The molecule has 0 amide bonds. The molecular weight excluding hydrogens is 571 g/mol. The van der Waals surface area contributed by atoms with E-state index in [9.17, 15) is 19.0 Å². The summed E-state index contributed by atoms with van der Waals surface area (Å²) in [5.74, 6) is -1.76. The Kier molecular flexibility index (Phi) is 5.77. The number of rotatable bonds is 6. The quantitative estimate of drug-likeness (QED) is 0.287. The number of halogens is 3. The number of aryl methyl sites for hydroxylation is 1. The predicted octanol–water partition coefficient (Wildman–Crippen LogP) is 5.70. The Morgan fingerprint density at radius 2 is 2.02 bits per heavy atom. The van der Waals surface area contributed by atoms with Crippen LogP contribution in [0.4, 0.5) is 19.0 Å². The molecule has 2 N–H and O–H groups in total. The summed E-state index contributed by atoms with van der Waals surface area (Å²) in [5.41, 5.74) is -3.67. The smallest absolute Gasteiger partial charge is 0.319 e. The monoisotopic (exact) mass is 612 g/mol. The van der Waals surface area contributed by atoms with E-state index in [4.69, 9.17) is 11.6 Å². The maximum atomic E-state index is 16.9. The first-order chi connectivity index (χ1) is 23.1. The molecule has 0 saturated carbocycles. The largest absolute Gasteiger partial charge is 0.508 e. The second-order valence-electron chi connectivity index (χ2n) is 12.1. The zero-order chi connectivity index (χ0) is 35.1. The van der Waals surface area contributed by atoms with Crippen molar-refractivity contribution >= 4 is 27.5 Å². The lowest BCUT2D eigenvalue weighted by Crippen LogP contribution is -2.46. The van der Waals surface area contributed by atoms with Crippen molar-refractivity contribution in [3.8, 4) is 23.0 Å². The SMILES string of the molecule is [2H]C([2H])([2H])[C@@]1(O)CCCN(c2nc(OC([2H])([2H])[C@@]34CCCN3C[C@H](F)C4)nc3c(F)c(-c4cc(O)cc5ccc(F)c(CC)c45)ncc23)C1. The Morgan fingerprint density at radius 3 is 2.84 bits per heavy atom. The summed E-state index contributed by atoms with van der Waals surface area (Å²) >= 11 is 0. The Hall–Kier alpha value is -3.70. The molecule has 8 nitrogen and oxygen atoms in total. The fraction of sp³-hybridized carbons (Fsp3) is 0.485. The molecule has 3 aliphatic rings. The summed E-state index contributed by atoms with van der Waals surface area (Å²) in [6.07, 6.45) is 1.34. The number of hydrogen-bond acceptors (Lipinski definition) is 8. The Morgan fingerprint density at radius 1 is 1.18 bits per heavy atom. The average Bonchev–Trinajstić information content (AvgIpc) is 3.58. The van der Waals surface area contributed by atoms with Gasteiger partial charge in [0.25, 0.3) is 0 Å². The molecule has 0 spiro atoms. The van der Waals surface area contributed by atoms with Gasteiger partial charge in [-0.1, -0.05) is 13.0 Å². The van der Waals surface area contributed by atoms with Gasteiger partial charge in [0.1, 0.15) is 41.3 Å². The highest BCUT2D eigenvalue weighted by molar-refractivity contribution is 6.01. The topological polar surface area (TPSA) is 94.8 Å². The van der Waals surface area contributed by atoms with Crippen LogP contribution in [0.1, 0.15) is 58.3 Å². The van der Waals surface area contributed by atoms with E-state index in [1.807, 2.05) is 0 Å². The van der Waals surface area contributed by atoms with Crippen LogP contribution in [-0.4, -0.2) is 80.1 Å². The maximum absolute atomic E-state index is 16.9. The molecule has 232 valence electrons. The van der Waals surface area contributed by atoms with Gasteiger partial charge in [0.05, 0.1) is 19.3 Å². The third kappa shape index (κ3) is 4.90. The molecule has 2 aromatic carbocycles. The highest BCUT2D eigenvalue weighted by Crippen LogP contribution is 2.42. The van der Waals surface area contributed by atoms with Crippen molar-refractivity contribution in [2.45, 2.75) is 69.6 Å². The lowest BCUT2D eigenvalue weighted by molar-refractivity contribution is 0.0447. The van der Waals surface area contributed by atoms with Crippen LogP contribution in [0.5, 0.6) is 11.8 Å². The molecule has 0 unspecified atom stereocenters. The highest BCUT2D eigenvalue weighted by Gasteiger charge is 2.49. The summed E-state index contributed by atoms with van der Waals surface area (Å²) in [5, 5.41) is 22.6. The summed E-state index contributed by atoms with van der Waals surface area (Å²) in [4.78, 5) is 16.3. The molecule has 0 aliphatic carbocycles. The van der Waals surface area contributed by atoms with Gasteiger partial charge in [-0.05, 0) is 80.0 Å². The first-order valence-electron chi connectivity index (χ1n) is 17.4. The number of ether oxygens (including phenoxy) is 1. The second kappa shape index (κ2) is 10.7. The lowest BCUT2D eigenvalue weighted by Gasteiger charge is -2.38. The van der Waals surface area contributed by atoms with Crippen LogP contribution in [-0.2, 0) is 6.42 Å². The van der Waals surface area contributed by atoms with E-state index in [1.165, 1.54) is 35.4 Å². The van der Waals surface area contributed by atoms with Crippen LogP contribution in [0.2, 0.25) is 0 Å². The molecule has 7 rings (SSSR count). The third-order valence-corrected chi connectivity index (χ3v) is 9.11. The van der Waals surface area contributed by atoms with E-state index in [-0.39, 0.29) is 78.1 Å². The van der Waals surface area contributed by atoms with Gasteiger partial charge in [-0.2, -0.15) is 9.97 Å². The number of benzene rings is 2. The summed E-state index contributed by atoms with van der Waals surface area (Å²) < 4.78 is 94.3. The first kappa shape index (κ1) is 23.7. The number of aromatic nitrogens is 3. The molecule has 0 radical (unpaired) electrons. The number of aromatic hydroxyl groups is 1. The third-order valence-electron chi connectivity index (χ3n) is 9.11. The van der Waals surface area contributed by atoms with Crippen molar-refractivity contribution < 1.29 is 35.0 Å². The van der Waals surface area contributed by atoms with Crippen LogP contribution in [0.25, 0.3) is 32.9 Å². The van der Waals surface area contributed by atoms with E-state index >= 15 is 4.39 Å². The lowest BCUT2D eigenvalue weighted by atomic mass is 9.94. The van der Waals surface area contributed by atoms with E-state index in [0.717, 1.165) is 0 Å². The Bertz CT molecular complexity index is 1970. The van der Waals surface area contributed by atoms with Crippen molar-refractivity contribution in [2.24, 2.45) is 0 Å². The molecular formula is C33H36F3N5O3. The van der Waals surface area contributed by atoms with Gasteiger partial charge < -0.3 is 19.8 Å². The molecule has 3 saturated heterocycles. The fourth-order valence-corrected chi connectivity index (χ4v) is 7.15. The van der Waals surface area contributed by atoms with E-state index in [2.05, 4.69) is 15.0 Å². The average molecular weight is 613 g/mol. The van der Waals surface area contributed by atoms with Gasteiger partial charge in [0, 0.05) is 41.9 Å². The van der Waals surface area contributed by atoms with Gasteiger partial charge in [-0.3, -0.25) is 9.88 Å². The van der Waals surface area contributed by atoms with Crippen molar-refractivity contribution in [1.29, 1.82) is 0 Å². The van der Waals surface area contributed by atoms with E-state index in [1.54, 1.807) is 11.8 Å². The Balaban J connectivity index is 1.42. The van der Waals surface area contributed by atoms with E-state index < -0.39 is 54.9 Å². The van der Waals surface area contributed by atoms with Crippen LogP contribution in [0.3, 0.4) is 0 Å². The number of phenols is 1. The standard InChI is InChI=1S/C33H36F3N5O3/c1-3-22-25(35)7-6-19-12-21(42)13-23(26(19)22)28-27(36)29-24(15-37-28)30(40-10-4-8-32(2,43)17-40)39-31(38-29)44-18-33-9-5-11-41(33)16-20(34)14-33/h6-7,12-13,15,20,42-43H,3-5,8-11,14,16-18H2,1-2H3/t20-,32-,33+/m1/s1/i2D3,18D2. The molecule has 0 bridgehead atoms. The molecule has 5 heterocycles. The number of hydrogen-bond donors (Lipinski definition) is 2. The number of alkyl halides is 1. The maximum Gasteiger partial charge on any atom is 0.319 e. The number of β-amino-alcohol motifs (C(OH)–C–C–N with tert-alkyl or cyclic N) is 1. The normalized spacial score (nSPS) is 28.0. The van der Waals surface area contributed by atoms with Crippen molar-refractivity contribution in [3.05, 3.63) is 47.7 Å². The molecule has 3 fully saturated rings. The minimum Gasteiger partial charge on any atom is -0.508 e. The van der Waals surface area contributed by atoms with Crippen LogP contribution < -0.4 is 9.64 Å². The molecule has 3 aliphatic heterocycles. The summed E-state index contributed by atoms with van der Waals surface area (Å²) in [6.45, 7) is -3.17. The number of anilines is 1. The van der Waals surface area contributed by atoms with E-state index in [0.29, 0.717) is 30.2 Å². The van der Waals surface area contributed by atoms with Gasteiger partial charge in [-0.15, -0.1) is 0 Å². The minimum absolute atomic E-state index is 0.0185. The van der Waals surface area contributed by atoms with Gasteiger partial charge in [-0.25, -0.2) is 13.2 Å². The van der Waals surface area contributed by atoms with Gasteiger partial charge >= 0.3 is 6.01 Å². The number of aliphatic hydroxyl groups is 1. The predicted molar refractivity (Wildman–Crippen MR) is 162 cm³/mol. The number of phenolic OH excluding ortho intramolecular Hbond substituents is 1. The fourth-order valence-electron chi connectivity index (χ4n) is 7.15. The number of piperidine rings is 1. The van der Waals surface area contributed by atoms with Crippen LogP contribution in [0.15, 0.2) is 30.5 Å². The van der Waals surface area contributed by atoms with Crippen molar-refractivity contribution in [2.75, 3.05) is 37.6 Å². The first-order valence-corrected chi connectivity index (χ1v) is 14.9. The van der Waals surface area contributed by atoms with Crippen molar-refractivity contribution in [1.82, 2.24) is 19.9 Å². The van der Waals surface area contributed by atoms with Gasteiger partial charge in [0.2, 0.25) is 0 Å². The molecule has 2 aromatic heterocycles. The summed E-state index contributed by atoms with van der Waals surface area (Å²) in [7, 11) is 0. The molecule has 44 heavy (non-hydrogen) atoms. The second-order valence-corrected chi connectivity index (χ2v) is 12.1. The number of nitrogens with zero attached hydrogens (tertiary/aromatic N) is 5. The number of pyridine rings is 1. The van der Waals surface area contributed by atoms with Gasteiger partial charge in [0.15, 0.2) is 5.82 Å². The molecule has 4 aromatic rings. The van der Waals surface area contributed by atoms with Crippen molar-refractivity contribution in [3.63, 3.8) is 0 Å². The highest BCUT2D eigenvalue weighted by atomic mass is 19.1. The number of fused-ring (bicyclic) bond motifs is 3. The molecule has 3 atom stereocenters. The summed E-state index contributed by atoms with van der Waals surface area (Å²) in [6, 6.07) is 4.88. The zero-order valence-electron chi connectivity index (χ0n) is 29.2. The minimum atomic E-state index is -2.75. The zero-order valence-corrected chi connectivity index (χ0v) is 24.2.